The number of fused-ring (bicyclic) bond motifs is 1. The van der Waals surface area contributed by atoms with Crippen LogP contribution in [0.2, 0.25) is 0 Å². The zero-order chi connectivity index (χ0) is 18.4. The lowest BCUT2D eigenvalue weighted by Gasteiger charge is -2.11. The number of methoxy groups -OCH3 is 1. The molecule has 0 aliphatic heterocycles. The summed E-state index contributed by atoms with van der Waals surface area (Å²) in [6, 6.07) is 9.46. The summed E-state index contributed by atoms with van der Waals surface area (Å²) in [5.41, 5.74) is 3.29. The fourth-order valence-corrected chi connectivity index (χ4v) is 2.55. The van der Waals surface area contributed by atoms with Crippen LogP contribution in [-0.4, -0.2) is 46.7 Å². The van der Waals surface area contributed by atoms with Gasteiger partial charge in [-0.3, -0.25) is 4.79 Å². The number of nitrogens with one attached hydrogen (secondary N) is 1. The number of rotatable bonds is 8. The van der Waals surface area contributed by atoms with Crippen molar-refractivity contribution in [3.63, 3.8) is 0 Å². The van der Waals surface area contributed by atoms with Crippen LogP contribution in [0.25, 0.3) is 16.9 Å². The van der Waals surface area contributed by atoms with Crippen molar-refractivity contribution >= 4 is 23.2 Å². The molecule has 0 atom stereocenters. The second kappa shape index (κ2) is 8.64. The number of benzene rings is 1. The average molecular weight is 375 g/mol. The molecule has 0 saturated carbocycles. The third-order valence-corrected chi connectivity index (χ3v) is 3.91. The van der Waals surface area contributed by atoms with E-state index in [0.29, 0.717) is 25.5 Å². The summed E-state index contributed by atoms with van der Waals surface area (Å²) in [5.74, 6) is 0.380. The van der Waals surface area contributed by atoms with Crippen molar-refractivity contribution in [1.29, 1.82) is 0 Å². The third kappa shape index (κ3) is 4.50. The number of amides is 1. The molecule has 2 aromatic heterocycles. The maximum atomic E-state index is 11.4. The number of halogens is 1. The normalized spacial score (nSPS) is 10.8. The van der Waals surface area contributed by atoms with E-state index in [2.05, 4.69) is 15.4 Å². The number of nitrogens with zero attached hydrogens (tertiary/aromatic N) is 3. The Hall–Kier alpha value is -2.64. The van der Waals surface area contributed by atoms with E-state index in [0.717, 1.165) is 22.5 Å². The van der Waals surface area contributed by atoms with Gasteiger partial charge in [-0.1, -0.05) is 0 Å². The van der Waals surface area contributed by atoms with E-state index in [-0.39, 0.29) is 11.8 Å². The Kier molecular flexibility index (Phi) is 6.04. The number of carbonyl (C=O) groups excluding carboxylic acids is 1. The lowest BCUT2D eigenvalue weighted by molar-refractivity contribution is -0.118. The van der Waals surface area contributed by atoms with Gasteiger partial charge in [0, 0.05) is 25.4 Å². The summed E-state index contributed by atoms with van der Waals surface area (Å²) in [4.78, 5) is 16.0. The number of aromatic nitrogens is 3. The summed E-state index contributed by atoms with van der Waals surface area (Å²) in [7, 11) is 1.62. The summed E-state index contributed by atoms with van der Waals surface area (Å²) < 4.78 is 12.5. The first-order valence-corrected chi connectivity index (χ1v) is 8.62. The molecule has 0 aliphatic rings. The van der Waals surface area contributed by atoms with Gasteiger partial charge in [0.05, 0.1) is 18.5 Å². The molecule has 3 rings (SSSR count). The minimum atomic E-state index is -0.226. The lowest BCUT2D eigenvalue weighted by atomic mass is 10.1. The molecule has 0 fully saturated rings. The van der Waals surface area contributed by atoms with Gasteiger partial charge in [0.1, 0.15) is 18.2 Å². The Morgan fingerprint density at radius 2 is 2.19 bits per heavy atom. The van der Waals surface area contributed by atoms with Crippen LogP contribution in [0, 0.1) is 0 Å². The Balaban J connectivity index is 1.90. The molecule has 3 aromatic rings. The second-order valence-corrected chi connectivity index (χ2v) is 5.84. The molecule has 0 aliphatic carbocycles. The lowest BCUT2D eigenvalue weighted by Crippen LogP contribution is -2.23. The third-order valence-electron chi connectivity index (χ3n) is 3.67. The quantitative estimate of drug-likeness (QED) is 0.483. The molecule has 0 unspecified atom stereocenters. The van der Waals surface area contributed by atoms with E-state index < -0.39 is 0 Å². The van der Waals surface area contributed by atoms with E-state index >= 15 is 0 Å². The fourth-order valence-electron chi connectivity index (χ4n) is 2.45. The van der Waals surface area contributed by atoms with Crippen LogP contribution < -0.4 is 10.1 Å². The smallest absolute Gasteiger partial charge is 0.235 e. The number of hydrogen-bond acceptors (Lipinski definition) is 5. The van der Waals surface area contributed by atoms with Gasteiger partial charge in [-0.25, -0.2) is 9.50 Å². The van der Waals surface area contributed by atoms with Crippen LogP contribution in [0.3, 0.4) is 0 Å². The van der Waals surface area contributed by atoms with Crippen LogP contribution in [-0.2, 0) is 16.1 Å². The molecule has 2 heterocycles. The minimum absolute atomic E-state index is 0.0744. The van der Waals surface area contributed by atoms with Crippen LogP contribution >= 0.6 is 11.6 Å². The van der Waals surface area contributed by atoms with Gasteiger partial charge in [-0.2, -0.15) is 5.10 Å². The summed E-state index contributed by atoms with van der Waals surface area (Å²) in [5, 5.41) is 7.00. The van der Waals surface area contributed by atoms with Gasteiger partial charge >= 0.3 is 0 Å². The van der Waals surface area contributed by atoms with Crippen molar-refractivity contribution in [3.8, 4) is 17.0 Å². The standard InChI is InChI=1S/C18H19ClN4O3/c1-25-5-6-26-15-8-13(11-20-18(24)10-19)7-14(9-15)16-12-23-17(22-16)3-2-4-21-23/h2-4,7-9,12H,5-6,10-11H2,1H3,(H,20,24). The van der Waals surface area contributed by atoms with Crippen molar-refractivity contribution in [2.24, 2.45) is 0 Å². The first-order valence-electron chi connectivity index (χ1n) is 8.09. The molecule has 0 spiro atoms. The summed E-state index contributed by atoms with van der Waals surface area (Å²) in [6.45, 7) is 1.27. The first kappa shape index (κ1) is 18.2. The highest BCUT2D eigenvalue weighted by Gasteiger charge is 2.10. The predicted molar refractivity (Wildman–Crippen MR) is 98.4 cm³/mol. The van der Waals surface area contributed by atoms with Crippen molar-refractivity contribution in [3.05, 3.63) is 48.3 Å². The molecule has 0 bridgehead atoms. The molecule has 136 valence electrons. The second-order valence-electron chi connectivity index (χ2n) is 5.57. The Bertz CT molecular complexity index is 864. The van der Waals surface area contributed by atoms with Gasteiger partial charge in [0.15, 0.2) is 5.65 Å². The molecular formula is C18H19ClN4O3. The predicted octanol–water partition coefficient (Wildman–Crippen LogP) is 2.28. The number of hydrogen-bond donors (Lipinski definition) is 1. The molecule has 1 N–H and O–H groups in total. The van der Waals surface area contributed by atoms with Crippen LogP contribution in [0.1, 0.15) is 5.56 Å². The van der Waals surface area contributed by atoms with Crippen molar-refractivity contribution in [2.45, 2.75) is 6.54 Å². The summed E-state index contributed by atoms with van der Waals surface area (Å²) in [6.07, 6.45) is 3.56. The molecule has 0 radical (unpaired) electrons. The topological polar surface area (TPSA) is 77.8 Å². The highest BCUT2D eigenvalue weighted by atomic mass is 35.5. The van der Waals surface area contributed by atoms with E-state index in [4.69, 9.17) is 21.1 Å². The molecule has 0 saturated heterocycles. The fraction of sp³-hybridized carbons (Fsp3) is 0.278. The van der Waals surface area contributed by atoms with Gasteiger partial charge in [-0.15, -0.1) is 11.6 Å². The molecule has 8 heteroatoms. The van der Waals surface area contributed by atoms with Gasteiger partial charge in [-0.05, 0) is 35.9 Å². The first-order chi connectivity index (χ1) is 12.7. The molecule has 1 amide bonds. The number of imidazole rings is 1. The maximum Gasteiger partial charge on any atom is 0.235 e. The highest BCUT2D eigenvalue weighted by molar-refractivity contribution is 6.27. The minimum Gasteiger partial charge on any atom is -0.491 e. The molecule has 1 aromatic carbocycles. The average Bonchev–Trinajstić information content (AvgIpc) is 3.10. The van der Waals surface area contributed by atoms with Crippen molar-refractivity contribution < 1.29 is 14.3 Å². The van der Waals surface area contributed by atoms with Gasteiger partial charge in [0.25, 0.3) is 0 Å². The zero-order valence-electron chi connectivity index (χ0n) is 14.3. The zero-order valence-corrected chi connectivity index (χ0v) is 15.1. The van der Waals surface area contributed by atoms with Gasteiger partial charge in [0.2, 0.25) is 5.91 Å². The van der Waals surface area contributed by atoms with E-state index in [9.17, 15) is 4.79 Å². The molecule has 7 nitrogen and oxygen atoms in total. The van der Waals surface area contributed by atoms with Crippen LogP contribution in [0.4, 0.5) is 0 Å². The highest BCUT2D eigenvalue weighted by Crippen LogP contribution is 2.26. The SMILES string of the molecule is COCCOc1cc(CNC(=O)CCl)cc(-c2cn3ncccc3n2)c1. The maximum absolute atomic E-state index is 11.4. The monoisotopic (exact) mass is 374 g/mol. The van der Waals surface area contributed by atoms with Crippen LogP contribution in [0.5, 0.6) is 5.75 Å². The Morgan fingerprint density at radius 3 is 2.96 bits per heavy atom. The summed E-state index contributed by atoms with van der Waals surface area (Å²) >= 11 is 5.54. The Labute approximate surface area is 155 Å². The van der Waals surface area contributed by atoms with E-state index in [1.165, 1.54) is 0 Å². The number of ether oxygens (including phenoxy) is 2. The van der Waals surface area contributed by atoms with Gasteiger partial charge < -0.3 is 14.8 Å². The van der Waals surface area contributed by atoms with Crippen LogP contribution in [0.15, 0.2) is 42.7 Å². The molecule has 26 heavy (non-hydrogen) atoms. The van der Waals surface area contributed by atoms with Crippen molar-refractivity contribution in [1.82, 2.24) is 19.9 Å². The molecular weight excluding hydrogens is 356 g/mol. The number of carbonyl (C=O) groups is 1. The largest absolute Gasteiger partial charge is 0.491 e. The van der Waals surface area contributed by atoms with Crippen molar-refractivity contribution in [2.75, 3.05) is 26.2 Å². The van der Waals surface area contributed by atoms with E-state index in [1.807, 2.05) is 36.5 Å². The Morgan fingerprint density at radius 1 is 1.31 bits per heavy atom. The number of alkyl halides is 1. The van der Waals surface area contributed by atoms with E-state index in [1.54, 1.807) is 17.8 Å².